The second-order valence-corrected chi connectivity index (χ2v) is 10.0. The molecule has 1 aliphatic rings. The molecule has 0 radical (unpaired) electrons. The molecule has 2 amide bonds. The van der Waals surface area contributed by atoms with Crippen LogP contribution in [0.2, 0.25) is 0 Å². The van der Waals surface area contributed by atoms with E-state index in [0.717, 1.165) is 11.1 Å². The van der Waals surface area contributed by atoms with Crippen molar-refractivity contribution in [2.24, 2.45) is 5.92 Å². The van der Waals surface area contributed by atoms with Gasteiger partial charge in [-0.05, 0) is 53.6 Å². The number of hydrogen-bond donors (Lipinski definition) is 4. The molecule has 1 aliphatic carbocycles. The Hall–Kier alpha value is -4.28. The lowest BCUT2D eigenvalue weighted by Gasteiger charge is -2.24. The predicted molar refractivity (Wildman–Crippen MR) is 155 cm³/mol. The van der Waals surface area contributed by atoms with Gasteiger partial charge in [-0.25, -0.2) is 0 Å². The van der Waals surface area contributed by atoms with Crippen LogP contribution >= 0.6 is 0 Å². The van der Waals surface area contributed by atoms with Crippen LogP contribution in [0.3, 0.4) is 0 Å². The summed E-state index contributed by atoms with van der Waals surface area (Å²) in [6.45, 7) is 5.21. The zero-order valence-corrected chi connectivity index (χ0v) is 24.4. The van der Waals surface area contributed by atoms with E-state index in [-0.39, 0.29) is 35.9 Å². The van der Waals surface area contributed by atoms with Crippen molar-refractivity contribution < 1.29 is 33.7 Å². The molecule has 0 unspecified atom stereocenters. The van der Waals surface area contributed by atoms with Crippen molar-refractivity contribution in [2.75, 3.05) is 33.2 Å². The van der Waals surface area contributed by atoms with Gasteiger partial charge >= 0.3 is 5.97 Å². The van der Waals surface area contributed by atoms with Crippen LogP contribution in [0, 0.1) is 5.92 Å². The summed E-state index contributed by atoms with van der Waals surface area (Å²) in [4.78, 5) is 49.7. The first-order valence-corrected chi connectivity index (χ1v) is 13.6. The summed E-state index contributed by atoms with van der Waals surface area (Å²) in [6.07, 6.45) is 1.52. The molecule has 11 heteroatoms. The molecule has 2 aromatic carbocycles. The van der Waals surface area contributed by atoms with E-state index in [1.54, 1.807) is 19.2 Å². The number of aryl methyl sites for hydroxylation is 1. The molecule has 0 spiro atoms. The number of nitrogens with one attached hydrogen (secondary N) is 3. The number of carboxylic acids is 1. The minimum absolute atomic E-state index is 0.0237. The topological polar surface area (TPSA) is 152 Å². The lowest BCUT2D eigenvalue weighted by atomic mass is 9.95. The molecular weight excluding hydrogens is 530 g/mol. The van der Waals surface area contributed by atoms with Crippen LogP contribution in [0.1, 0.15) is 57.2 Å². The number of ether oxygens (including phenoxy) is 3. The zero-order chi connectivity index (χ0) is 30.3. The summed E-state index contributed by atoms with van der Waals surface area (Å²) in [7, 11) is 4.59. The first-order chi connectivity index (χ1) is 19.6. The monoisotopic (exact) mass is 569 g/mol. The number of anilines is 1. The number of amides is 2. The number of fused-ring (bicyclic) bond motifs is 3. The Kier molecular flexibility index (Phi) is 10.6. The molecule has 0 aliphatic heterocycles. The van der Waals surface area contributed by atoms with Gasteiger partial charge in [-0.1, -0.05) is 26.3 Å². The highest BCUT2D eigenvalue weighted by Gasteiger charge is 2.30. The van der Waals surface area contributed by atoms with Crippen LogP contribution in [-0.4, -0.2) is 56.8 Å². The third-order valence-corrected chi connectivity index (χ3v) is 7.36. The summed E-state index contributed by atoms with van der Waals surface area (Å²) in [5, 5.41) is 17.7. The second-order valence-electron chi connectivity index (χ2n) is 10.0. The number of carbonyl (C=O) groups excluding carboxylic acids is 2. The van der Waals surface area contributed by atoms with Gasteiger partial charge in [-0.15, -0.1) is 0 Å². The van der Waals surface area contributed by atoms with Crippen molar-refractivity contribution in [3.05, 3.63) is 45.6 Å². The summed E-state index contributed by atoms with van der Waals surface area (Å²) in [5.41, 5.74) is 2.73. The molecule has 0 fully saturated rings. The Balaban J connectivity index is 2.20. The zero-order valence-electron chi connectivity index (χ0n) is 24.4. The first-order valence-electron chi connectivity index (χ1n) is 13.6. The van der Waals surface area contributed by atoms with Gasteiger partial charge in [-0.2, -0.15) is 0 Å². The maximum absolute atomic E-state index is 13.6. The van der Waals surface area contributed by atoms with Crippen molar-refractivity contribution in [3.8, 4) is 28.4 Å². The summed E-state index contributed by atoms with van der Waals surface area (Å²) >= 11 is 0. The van der Waals surface area contributed by atoms with E-state index < -0.39 is 24.0 Å². The van der Waals surface area contributed by atoms with Gasteiger partial charge < -0.3 is 35.3 Å². The highest BCUT2D eigenvalue weighted by molar-refractivity contribution is 5.86. The van der Waals surface area contributed by atoms with E-state index >= 15 is 0 Å². The van der Waals surface area contributed by atoms with Gasteiger partial charge in [0.05, 0.1) is 39.5 Å². The number of benzene rings is 1. The Morgan fingerprint density at radius 2 is 1.78 bits per heavy atom. The third kappa shape index (κ3) is 7.08. The van der Waals surface area contributed by atoms with E-state index in [9.17, 15) is 19.2 Å². The number of hydrogen-bond acceptors (Lipinski definition) is 8. The second kappa shape index (κ2) is 13.9. The summed E-state index contributed by atoms with van der Waals surface area (Å²) < 4.78 is 17.0. The Morgan fingerprint density at radius 1 is 1.07 bits per heavy atom. The van der Waals surface area contributed by atoms with Crippen molar-refractivity contribution in [2.45, 2.75) is 58.5 Å². The van der Waals surface area contributed by atoms with Crippen LogP contribution in [0.5, 0.6) is 17.2 Å². The summed E-state index contributed by atoms with van der Waals surface area (Å²) in [5.74, 6) is -0.466. The molecule has 2 aromatic rings. The lowest BCUT2D eigenvalue weighted by Crippen LogP contribution is -2.44. The van der Waals surface area contributed by atoms with Crippen molar-refractivity contribution in [1.82, 2.24) is 10.6 Å². The Labute approximate surface area is 239 Å². The van der Waals surface area contributed by atoms with Gasteiger partial charge in [0.15, 0.2) is 11.5 Å². The number of carbonyl (C=O) groups is 3. The first kappa shape index (κ1) is 31.3. The van der Waals surface area contributed by atoms with Crippen LogP contribution in [0.4, 0.5) is 5.69 Å². The predicted octanol–water partition coefficient (Wildman–Crippen LogP) is 3.28. The van der Waals surface area contributed by atoms with E-state index in [1.807, 2.05) is 19.9 Å². The van der Waals surface area contributed by atoms with Crippen LogP contribution in [0.25, 0.3) is 11.1 Å². The van der Waals surface area contributed by atoms with Crippen molar-refractivity contribution in [3.63, 3.8) is 0 Å². The SMILES string of the molecule is CC[C@H](C)[C@H](Nc1ccc2c(cc1=O)[C@@H](NC(C)=O)CCc1cc(OC)c(OC)c(OC)c1-2)C(=O)NCCC(=O)O. The van der Waals surface area contributed by atoms with Crippen LogP contribution in [0.15, 0.2) is 29.1 Å². The average molecular weight is 570 g/mol. The van der Waals surface area contributed by atoms with E-state index in [1.165, 1.54) is 27.2 Å². The van der Waals surface area contributed by atoms with Crippen molar-refractivity contribution >= 4 is 23.5 Å². The highest BCUT2D eigenvalue weighted by Crippen LogP contribution is 2.50. The largest absolute Gasteiger partial charge is 0.493 e. The maximum atomic E-state index is 13.6. The number of rotatable bonds is 12. The lowest BCUT2D eigenvalue weighted by molar-refractivity contribution is -0.137. The van der Waals surface area contributed by atoms with Gasteiger partial charge in [0.2, 0.25) is 23.0 Å². The molecule has 0 aromatic heterocycles. The molecule has 11 nitrogen and oxygen atoms in total. The van der Waals surface area contributed by atoms with Crippen molar-refractivity contribution in [1.29, 1.82) is 0 Å². The molecule has 3 atom stereocenters. The average Bonchev–Trinajstić information content (AvgIpc) is 3.18. The van der Waals surface area contributed by atoms with Gasteiger partial charge in [0, 0.05) is 19.0 Å². The quantitative estimate of drug-likeness (QED) is 0.302. The fourth-order valence-corrected chi connectivity index (χ4v) is 5.10. The fraction of sp³-hybridized carbons (Fsp3) is 0.467. The highest BCUT2D eigenvalue weighted by atomic mass is 16.5. The normalized spacial score (nSPS) is 15.2. The van der Waals surface area contributed by atoms with E-state index in [0.29, 0.717) is 47.6 Å². The number of aliphatic carboxylic acids is 1. The molecule has 0 bridgehead atoms. The molecule has 0 saturated heterocycles. The molecular formula is C30H39N3O8. The molecule has 0 saturated carbocycles. The van der Waals surface area contributed by atoms with E-state index in [2.05, 4.69) is 16.0 Å². The molecule has 3 rings (SSSR count). The van der Waals surface area contributed by atoms with Crippen LogP contribution in [-0.2, 0) is 20.8 Å². The third-order valence-electron chi connectivity index (χ3n) is 7.36. The number of carboxylic acid groups (broad SMARTS) is 1. The van der Waals surface area contributed by atoms with Crippen LogP contribution < -0.4 is 35.6 Å². The maximum Gasteiger partial charge on any atom is 0.305 e. The van der Waals surface area contributed by atoms with Gasteiger partial charge in [0.25, 0.3) is 0 Å². The molecule has 222 valence electrons. The molecule has 0 heterocycles. The van der Waals surface area contributed by atoms with Gasteiger partial charge in [0.1, 0.15) is 6.04 Å². The standard InChI is InChI=1S/C30H39N3O8/c1-7-16(2)27(30(38)31-13-12-25(36)37)33-22-11-9-19-20(15-23(22)35)21(32-17(3)34)10-8-18-14-24(39-4)28(40-5)29(41-6)26(18)19/h9,11,14-16,21,27H,7-8,10,12-13H2,1-6H3,(H,31,38)(H,32,34)(H,33,35)(H,36,37)/t16-,21-,27-/m0/s1. The molecule has 41 heavy (non-hydrogen) atoms. The minimum atomic E-state index is -1.02. The smallest absolute Gasteiger partial charge is 0.305 e. The fourth-order valence-electron chi connectivity index (χ4n) is 5.10. The number of methoxy groups -OCH3 is 3. The Morgan fingerprint density at radius 3 is 2.37 bits per heavy atom. The van der Waals surface area contributed by atoms with Gasteiger partial charge in [-0.3, -0.25) is 19.2 Å². The summed E-state index contributed by atoms with van der Waals surface area (Å²) in [6, 6.07) is 5.52. The Bertz CT molecular complexity index is 1360. The molecule has 4 N–H and O–H groups in total. The minimum Gasteiger partial charge on any atom is -0.493 e. The van der Waals surface area contributed by atoms with E-state index in [4.69, 9.17) is 19.3 Å².